The van der Waals surface area contributed by atoms with Gasteiger partial charge in [0.05, 0.1) is 0 Å². The van der Waals surface area contributed by atoms with Gasteiger partial charge in [-0.3, -0.25) is 9.59 Å². The Kier molecular flexibility index (Phi) is 5.84. The molecular weight excluding hydrogens is 338 g/mol. The van der Waals surface area contributed by atoms with Crippen molar-refractivity contribution in [1.82, 2.24) is 15.2 Å². The minimum absolute atomic E-state index is 0.124. The molecule has 0 aliphatic heterocycles. The van der Waals surface area contributed by atoms with E-state index in [1.54, 1.807) is 12.1 Å². The van der Waals surface area contributed by atoms with Crippen molar-refractivity contribution >= 4 is 5.91 Å². The number of amides is 1. The first kappa shape index (κ1) is 18.6. The number of H-pyrrole nitrogens is 1. The number of hydrogen-bond acceptors (Lipinski definition) is 3. The Morgan fingerprint density at radius 3 is 2.15 bits per heavy atom. The van der Waals surface area contributed by atoms with Crippen molar-refractivity contribution in [3.63, 3.8) is 0 Å². The molecule has 0 unspecified atom stereocenters. The zero-order valence-electron chi connectivity index (χ0n) is 15.5. The molecule has 0 bridgehead atoms. The average Bonchev–Trinajstić information content (AvgIpc) is 2.68. The lowest BCUT2D eigenvalue weighted by Crippen LogP contribution is -2.34. The van der Waals surface area contributed by atoms with Gasteiger partial charge in [-0.15, -0.1) is 0 Å². The van der Waals surface area contributed by atoms with Crippen LogP contribution in [0.5, 0.6) is 0 Å². The van der Waals surface area contributed by atoms with E-state index < -0.39 is 0 Å². The van der Waals surface area contributed by atoms with Crippen molar-refractivity contribution in [1.29, 1.82) is 0 Å². The van der Waals surface area contributed by atoms with Crippen molar-refractivity contribution in [3.8, 4) is 22.4 Å². The van der Waals surface area contributed by atoms with Crippen LogP contribution in [-0.4, -0.2) is 43.0 Å². The third kappa shape index (κ3) is 4.71. The van der Waals surface area contributed by atoms with Crippen LogP contribution in [0.15, 0.2) is 71.5 Å². The van der Waals surface area contributed by atoms with Gasteiger partial charge in [-0.1, -0.05) is 54.6 Å². The number of carbonyl (C=O) groups is 1. The van der Waals surface area contributed by atoms with Gasteiger partial charge in [-0.2, -0.15) is 0 Å². The quantitative estimate of drug-likeness (QED) is 0.709. The number of hydrogen-bond donors (Lipinski definition) is 2. The molecule has 2 N–H and O–H groups in total. The van der Waals surface area contributed by atoms with Crippen LogP contribution in [0.2, 0.25) is 0 Å². The lowest BCUT2D eigenvalue weighted by molar-refractivity contribution is 0.0949. The maximum Gasteiger partial charge on any atom is 0.261 e. The molecule has 1 heterocycles. The van der Waals surface area contributed by atoms with E-state index in [0.29, 0.717) is 12.2 Å². The molecule has 2 aromatic carbocycles. The summed E-state index contributed by atoms with van der Waals surface area (Å²) in [6.45, 7) is 1.21. The number of carbonyl (C=O) groups excluding carboxylic acids is 1. The molecule has 3 aromatic rings. The second-order valence-corrected chi connectivity index (χ2v) is 6.62. The Balaban J connectivity index is 1.75. The number of nitrogens with one attached hydrogen (secondary N) is 2. The highest BCUT2D eigenvalue weighted by Gasteiger charge is 2.11. The van der Waals surface area contributed by atoms with Crippen LogP contribution in [-0.2, 0) is 0 Å². The summed E-state index contributed by atoms with van der Waals surface area (Å²) in [6, 6.07) is 21.4. The molecule has 1 aromatic heterocycles. The van der Waals surface area contributed by atoms with E-state index in [0.717, 1.165) is 23.2 Å². The minimum atomic E-state index is -0.387. The molecule has 0 saturated carbocycles. The van der Waals surface area contributed by atoms with Crippen molar-refractivity contribution in [2.24, 2.45) is 0 Å². The summed E-state index contributed by atoms with van der Waals surface area (Å²) >= 11 is 0. The fourth-order valence-electron chi connectivity index (χ4n) is 2.78. The number of rotatable bonds is 6. The predicted octanol–water partition coefficient (Wildman–Crippen LogP) is 3.00. The van der Waals surface area contributed by atoms with Gasteiger partial charge >= 0.3 is 0 Å². The number of pyridine rings is 1. The standard InChI is InChI=1S/C22H23N3O2/c1-25(2)15-14-23-21(26)19-12-13-20(24-22(19)27)18-10-8-17(9-11-18)16-6-4-3-5-7-16/h3-13H,14-15H2,1-2H3,(H,23,26)(H,24,27). The zero-order valence-corrected chi connectivity index (χ0v) is 15.5. The average molecular weight is 361 g/mol. The zero-order chi connectivity index (χ0) is 19.2. The first-order chi connectivity index (χ1) is 13.0. The molecule has 0 aliphatic rings. The molecule has 27 heavy (non-hydrogen) atoms. The molecule has 0 saturated heterocycles. The maximum atomic E-state index is 12.3. The highest BCUT2D eigenvalue weighted by Crippen LogP contribution is 2.23. The molecule has 138 valence electrons. The second kappa shape index (κ2) is 8.47. The Morgan fingerprint density at radius 1 is 0.889 bits per heavy atom. The van der Waals surface area contributed by atoms with Crippen molar-refractivity contribution in [3.05, 3.63) is 82.6 Å². The Labute approximate surface area is 158 Å². The number of aromatic nitrogens is 1. The lowest BCUT2D eigenvalue weighted by Gasteiger charge is -2.10. The van der Waals surface area contributed by atoms with Crippen LogP contribution in [0.3, 0.4) is 0 Å². The van der Waals surface area contributed by atoms with Gasteiger partial charge in [-0.05, 0) is 42.9 Å². The van der Waals surface area contributed by atoms with E-state index in [1.807, 2.05) is 61.5 Å². The molecule has 0 aliphatic carbocycles. The van der Waals surface area contributed by atoms with Gasteiger partial charge in [0, 0.05) is 18.8 Å². The van der Waals surface area contributed by atoms with Crippen LogP contribution < -0.4 is 10.9 Å². The summed E-state index contributed by atoms with van der Waals surface area (Å²) in [5.74, 6) is -0.357. The molecule has 0 radical (unpaired) electrons. The van der Waals surface area contributed by atoms with E-state index in [1.165, 1.54) is 0 Å². The summed E-state index contributed by atoms with van der Waals surface area (Å²) in [5.41, 5.74) is 3.57. The summed E-state index contributed by atoms with van der Waals surface area (Å²) in [7, 11) is 3.85. The maximum absolute atomic E-state index is 12.3. The number of benzene rings is 2. The number of nitrogens with zero attached hydrogens (tertiary/aromatic N) is 1. The Hall–Kier alpha value is -3.18. The van der Waals surface area contributed by atoms with Gasteiger partial charge in [0.2, 0.25) is 0 Å². The molecule has 0 spiro atoms. The third-order valence-corrected chi connectivity index (χ3v) is 4.30. The Morgan fingerprint density at radius 2 is 1.52 bits per heavy atom. The summed E-state index contributed by atoms with van der Waals surface area (Å²) in [4.78, 5) is 29.2. The fourth-order valence-corrected chi connectivity index (χ4v) is 2.78. The normalized spacial score (nSPS) is 10.8. The lowest BCUT2D eigenvalue weighted by atomic mass is 10.0. The summed E-state index contributed by atoms with van der Waals surface area (Å²) in [5, 5.41) is 2.76. The fraction of sp³-hybridized carbons (Fsp3) is 0.182. The van der Waals surface area contributed by atoms with Gasteiger partial charge in [0.25, 0.3) is 11.5 Å². The summed E-state index contributed by atoms with van der Waals surface area (Å²) in [6.07, 6.45) is 0. The Bertz CT molecular complexity index is 961. The van der Waals surface area contributed by atoms with Gasteiger partial charge < -0.3 is 15.2 Å². The van der Waals surface area contributed by atoms with Gasteiger partial charge in [-0.25, -0.2) is 0 Å². The molecule has 1 amide bonds. The van der Waals surface area contributed by atoms with Crippen LogP contribution >= 0.6 is 0 Å². The number of likely N-dealkylation sites (N-methyl/N-ethyl adjacent to an activating group) is 1. The molecule has 0 fully saturated rings. The molecular formula is C22H23N3O2. The van der Waals surface area contributed by atoms with Gasteiger partial charge in [0.15, 0.2) is 0 Å². The SMILES string of the molecule is CN(C)CCNC(=O)c1ccc(-c2ccc(-c3ccccc3)cc2)[nH]c1=O. The second-order valence-electron chi connectivity index (χ2n) is 6.62. The van der Waals surface area contributed by atoms with Crippen molar-refractivity contribution in [2.75, 3.05) is 27.2 Å². The van der Waals surface area contributed by atoms with Crippen LogP contribution in [0, 0.1) is 0 Å². The largest absolute Gasteiger partial charge is 0.351 e. The van der Waals surface area contributed by atoms with E-state index in [9.17, 15) is 9.59 Å². The van der Waals surface area contributed by atoms with E-state index in [2.05, 4.69) is 22.4 Å². The molecule has 5 nitrogen and oxygen atoms in total. The minimum Gasteiger partial charge on any atom is -0.351 e. The van der Waals surface area contributed by atoms with E-state index in [4.69, 9.17) is 0 Å². The predicted molar refractivity (Wildman–Crippen MR) is 109 cm³/mol. The molecule has 5 heteroatoms. The topological polar surface area (TPSA) is 65.2 Å². The van der Waals surface area contributed by atoms with E-state index in [-0.39, 0.29) is 17.0 Å². The third-order valence-electron chi connectivity index (χ3n) is 4.30. The van der Waals surface area contributed by atoms with Crippen molar-refractivity contribution < 1.29 is 4.79 Å². The number of aromatic amines is 1. The van der Waals surface area contributed by atoms with Crippen LogP contribution in [0.4, 0.5) is 0 Å². The highest BCUT2D eigenvalue weighted by molar-refractivity contribution is 5.94. The monoisotopic (exact) mass is 361 g/mol. The molecule has 3 rings (SSSR count). The van der Waals surface area contributed by atoms with Crippen LogP contribution in [0.1, 0.15) is 10.4 Å². The van der Waals surface area contributed by atoms with E-state index >= 15 is 0 Å². The smallest absolute Gasteiger partial charge is 0.261 e. The summed E-state index contributed by atoms with van der Waals surface area (Å²) < 4.78 is 0. The first-order valence-corrected chi connectivity index (χ1v) is 8.87. The highest BCUT2D eigenvalue weighted by atomic mass is 16.2. The van der Waals surface area contributed by atoms with Crippen LogP contribution in [0.25, 0.3) is 22.4 Å². The molecule has 0 atom stereocenters. The van der Waals surface area contributed by atoms with Gasteiger partial charge in [0.1, 0.15) is 5.56 Å². The first-order valence-electron chi connectivity index (χ1n) is 8.87. The van der Waals surface area contributed by atoms with Crippen molar-refractivity contribution in [2.45, 2.75) is 0 Å².